The molecule has 1 aromatic heterocycles. The Morgan fingerprint density at radius 1 is 1.11 bits per heavy atom. The zero-order chi connectivity index (χ0) is 26.1. The molecule has 0 bridgehead atoms. The molecule has 1 aliphatic heterocycles. The standard InChI is InChI=1S/C27H24ClN5O4/c1-15-31-32-27-21(13-24(35)29-14-17-4-3-5-23(34)26(17)36)30-25(16-6-8-18(28)9-7-16)20-12-19(37-2)10-11-22(20)33(15)27/h3-12,21,34,36H,13-14H2,1-2H3,(H,29,35)/t21-/m0/s1. The lowest BCUT2D eigenvalue weighted by molar-refractivity contribution is -0.121. The number of carbonyl (C=O) groups is 1. The lowest BCUT2D eigenvalue weighted by atomic mass is 10.00. The number of para-hydroxylation sites is 1. The Kier molecular flexibility index (Phi) is 6.54. The first-order valence-electron chi connectivity index (χ1n) is 11.6. The maximum absolute atomic E-state index is 13.1. The maximum atomic E-state index is 13.1. The van der Waals surface area contributed by atoms with Crippen LogP contribution in [0.3, 0.4) is 0 Å². The minimum Gasteiger partial charge on any atom is -0.504 e. The van der Waals surface area contributed by atoms with Crippen LogP contribution in [0, 0.1) is 6.92 Å². The van der Waals surface area contributed by atoms with Crippen LogP contribution < -0.4 is 10.1 Å². The number of phenolic OH excluding ortho intramolecular Hbond substituents is 2. The Balaban J connectivity index is 1.55. The fourth-order valence-corrected chi connectivity index (χ4v) is 4.46. The van der Waals surface area contributed by atoms with E-state index in [1.54, 1.807) is 31.4 Å². The van der Waals surface area contributed by atoms with Crippen LogP contribution in [0.15, 0.2) is 65.7 Å². The van der Waals surface area contributed by atoms with Crippen LogP contribution in [0.5, 0.6) is 17.2 Å². The summed E-state index contributed by atoms with van der Waals surface area (Å²) in [5.41, 5.74) is 3.51. The molecule has 9 nitrogen and oxygen atoms in total. The first kappa shape index (κ1) is 24.3. The second-order valence-electron chi connectivity index (χ2n) is 8.59. The molecule has 3 N–H and O–H groups in total. The number of halogens is 1. The number of hydrogen-bond donors (Lipinski definition) is 3. The van der Waals surface area contributed by atoms with Crippen molar-refractivity contribution < 1.29 is 19.7 Å². The quantitative estimate of drug-likeness (QED) is 0.329. The van der Waals surface area contributed by atoms with Crippen molar-refractivity contribution in [2.24, 2.45) is 4.99 Å². The minimum atomic E-state index is -0.650. The number of aromatic nitrogens is 3. The van der Waals surface area contributed by atoms with Gasteiger partial charge in [0.1, 0.15) is 17.6 Å². The van der Waals surface area contributed by atoms with Crippen molar-refractivity contribution in [1.82, 2.24) is 20.1 Å². The summed E-state index contributed by atoms with van der Waals surface area (Å²) in [5, 5.41) is 31.8. The zero-order valence-corrected chi connectivity index (χ0v) is 20.9. The highest BCUT2D eigenvalue weighted by Crippen LogP contribution is 2.34. The van der Waals surface area contributed by atoms with E-state index in [9.17, 15) is 15.0 Å². The number of benzene rings is 3. The van der Waals surface area contributed by atoms with Crippen molar-refractivity contribution in [3.63, 3.8) is 0 Å². The number of nitrogens with one attached hydrogen (secondary N) is 1. The van der Waals surface area contributed by atoms with Crippen LogP contribution in [-0.4, -0.2) is 43.7 Å². The van der Waals surface area contributed by atoms with E-state index in [2.05, 4.69) is 15.5 Å². The summed E-state index contributed by atoms with van der Waals surface area (Å²) in [7, 11) is 1.60. The largest absolute Gasteiger partial charge is 0.504 e. The normalized spacial score (nSPS) is 14.2. The SMILES string of the molecule is COc1ccc2c(c1)C(c1ccc(Cl)cc1)=N[C@@H](CC(=O)NCc1cccc(O)c1O)c1nnc(C)n1-2. The van der Waals surface area contributed by atoms with E-state index in [1.165, 1.54) is 6.07 Å². The third kappa shape index (κ3) is 4.73. The number of aryl methyl sites for hydroxylation is 1. The number of rotatable bonds is 6. The molecule has 0 radical (unpaired) electrons. The summed E-state index contributed by atoms with van der Waals surface area (Å²) in [6.45, 7) is 1.89. The molecule has 5 rings (SSSR count). The molecule has 0 saturated carbocycles. The number of ether oxygens (including phenoxy) is 1. The third-order valence-electron chi connectivity index (χ3n) is 6.20. The number of amides is 1. The molecule has 0 fully saturated rings. The average molecular weight is 518 g/mol. The van der Waals surface area contributed by atoms with Crippen molar-refractivity contribution in [1.29, 1.82) is 0 Å². The van der Waals surface area contributed by atoms with Crippen molar-refractivity contribution in [3.8, 4) is 22.9 Å². The fraction of sp³-hybridized carbons (Fsp3) is 0.185. The molecule has 0 spiro atoms. The predicted octanol–water partition coefficient (Wildman–Crippen LogP) is 4.25. The van der Waals surface area contributed by atoms with Gasteiger partial charge in [0.25, 0.3) is 0 Å². The summed E-state index contributed by atoms with van der Waals surface area (Å²) in [5.74, 6) is 1.04. The van der Waals surface area contributed by atoms with Gasteiger partial charge < -0.3 is 20.3 Å². The predicted molar refractivity (Wildman–Crippen MR) is 139 cm³/mol. The first-order valence-corrected chi connectivity index (χ1v) is 11.9. The topological polar surface area (TPSA) is 122 Å². The second-order valence-corrected chi connectivity index (χ2v) is 9.03. The molecule has 0 saturated heterocycles. The van der Waals surface area contributed by atoms with Gasteiger partial charge in [0.2, 0.25) is 5.91 Å². The molecule has 10 heteroatoms. The molecule has 1 amide bonds. The molecule has 4 aromatic rings. The summed E-state index contributed by atoms with van der Waals surface area (Å²) in [6.07, 6.45) is -0.0140. The lowest BCUT2D eigenvalue weighted by Gasteiger charge is -2.14. The van der Waals surface area contributed by atoms with Crippen molar-refractivity contribution in [2.45, 2.75) is 25.9 Å². The number of fused-ring (bicyclic) bond motifs is 3. The first-order chi connectivity index (χ1) is 17.9. The number of methoxy groups -OCH3 is 1. The third-order valence-corrected chi connectivity index (χ3v) is 6.46. The Hall–Kier alpha value is -4.37. The number of nitrogens with zero attached hydrogens (tertiary/aromatic N) is 4. The van der Waals surface area contributed by atoms with Crippen molar-refractivity contribution in [2.75, 3.05) is 7.11 Å². The van der Waals surface area contributed by atoms with Crippen LogP contribution in [0.1, 0.15) is 40.8 Å². The van der Waals surface area contributed by atoms with E-state index in [0.717, 1.165) is 16.8 Å². The van der Waals surface area contributed by atoms with Gasteiger partial charge >= 0.3 is 0 Å². The van der Waals surface area contributed by atoms with Gasteiger partial charge in [-0.1, -0.05) is 35.9 Å². The van der Waals surface area contributed by atoms with Gasteiger partial charge in [-0.2, -0.15) is 0 Å². The summed E-state index contributed by atoms with van der Waals surface area (Å²) >= 11 is 6.14. The highest BCUT2D eigenvalue weighted by Gasteiger charge is 2.30. The lowest BCUT2D eigenvalue weighted by Crippen LogP contribution is -2.25. The van der Waals surface area contributed by atoms with Crippen LogP contribution in [0.4, 0.5) is 0 Å². The molecule has 1 atom stereocenters. The van der Waals surface area contributed by atoms with E-state index in [4.69, 9.17) is 21.3 Å². The molecule has 37 heavy (non-hydrogen) atoms. The molecular weight excluding hydrogens is 494 g/mol. The number of aliphatic imine (C=N–C) groups is 1. The Bertz CT molecular complexity index is 1510. The van der Waals surface area contributed by atoms with Gasteiger partial charge in [-0.25, -0.2) is 0 Å². The molecule has 0 unspecified atom stereocenters. The summed E-state index contributed by atoms with van der Waals surface area (Å²) in [6, 6.07) is 17.0. The summed E-state index contributed by atoms with van der Waals surface area (Å²) < 4.78 is 7.39. The Morgan fingerprint density at radius 2 is 1.89 bits per heavy atom. The van der Waals surface area contributed by atoms with Gasteiger partial charge in [-0.15, -0.1) is 10.2 Å². The molecule has 1 aliphatic rings. The van der Waals surface area contributed by atoms with Crippen molar-refractivity contribution >= 4 is 23.2 Å². The maximum Gasteiger partial charge on any atom is 0.222 e. The number of aromatic hydroxyl groups is 2. The van der Waals surface area contributed by atoms with E-state index in [1.807, 2.05) is 41.8 Å². The molecule has 0 aliphatic carbocycles. The van der Waals surface area contributed by atoms with Crippen LogP contribution in [0.2, 0.25) is 5.02 Å². The highest BCUT2D eigenvalue weighted by molar-refractivity contribution is 6.30. The molecular formula is C27H24ClN5O4. The second kappa shape index (κ2) is 9.94. The average Bonchev–Trinajstić information content (AvgIpc) is 3.22. The minimum absolute atomic E-state index is 0.0140. The number of phenols is 2. The molecule has 3 aromatic carbocycles. The van der Waals surface area contributed by atoms with E-state index in [0.29, 0.717) is 33.7 Å². The van der Waals surface area contributed by atoms with E-state index >= 15 is 0 Å². The zero-order valence-electron chi connectivity index (χ0n) is 20.1. The van der Waals surface area contributed by atoms with Crippen molar-refractivity contribution in [3.05, 3.63) is 94.0 Å². The number of hydrogen-bond acceptors (Lipinski definition) is 7. The molecule has 2 heterocycles. The smallest absolute Gasteiger partial charge is 0.222 e. The van der Waals surface area contributed by atoms with Crippen LogP contribution in [-0.2, 0) is 11.3 Å². The Labute approximate surface area is 218 Å². The fourth-order valence-electron chi connectivity index (χ4n) is 4.34. The summed E-state index contributed by atoms with van der Waals surface area (Å²) in [4.78, 5) is 18.1. The van der Waals surface area contributed by atoms with Gasteiger partial charge in [0, 0.05) is 28.3 Å². The molecule has 188 valence electrons. The van der Waals surface area contributed by atoms with Gasteiger partial charge in [-0.05, 0) is 43.3 Å². The van der Waals surface area contributed by atoms with Gasteiger partial charge in [0.15, 0.2) is 17.3 Å². The monoisotopic (exact) mass is 517 g/mol. The Morgan fingerprint density at radius 3 is 2.65 bits per heavy atom. The highest BCUT2D eigenvalue weighted by atomic mass is 35.5. The van der Waals surface area contributed by atoms with E-state index < -0.39 is 6.04 Å². The van der Waals surface area contributed by atoms with Crippen LogP contribution in [0.25, 0.3) is 5.69 Å². The van der Waals surface area contributed by atoms with Gasteiger partial charge in [-0.3, -0.25) is 14.4 Å². The van der Waals surface area contributed by atoms with Crippen LogP contribution >= 0.6 is 11.6 Å². The number of carbonyl (C=O) groups excluding carboxylic acids is 1. The van der Waals surface area contributed by atoms with Gasteiger partial charge in [0.05, 0.1) is 24.9 Å². The van der Waals surface area contributed by atoms with E-state index in [-0.39, 0.29) is 30.4 Å².